The van der Waals surface area contributed by atoms with Crippen molar-refractivity contribution in [1.29, 1.82) is 0 Å². The van der Waals surface area contributed by atoms with Crippen molar-refractivity contribution in [1.82, 2.24) is 20.2 Å². The number of aromatic amines is 1. The molecule has 2 aliphatic rings. The Morgan fingerprint density at radius 3 is 3.04 bits per heavy atom. The molecule has 1 atom stereocenters. The third kappa shape index (κ3) is 2.48. The predicted molar refractivity (Wildman–Crippen MR) is 100 cm³/mol. The number of nitrogens with zero attached hydrogens (tertiary/aromatic N) is 2. The van der Waals surface area contributed by atoms with E-state index in [9.17, 15) is 4.79 Å². The van der Waals surface area contributed by atoms with Gasteiger partial charge in [-0.3, -0.25) is 4.79 Å². The standard InChI is InChI=1S/C20H22N4O2/c25-19(24-10-11-26-20(13-24)7-3-8-21-12-20)18-17-15(6-9-22-18)14-4-1-2-5-16(14)23-17/h1-2,4-6,9,21,23H,3,7-8,10-13H2. The Kier molecular flexibility index (Phi) is 3.69. The molecule has 1 amide bonds. The van der Waals surface area contributed by atoms with Crippen LogP contribution in [0, 0.1) is 0 Å². The number of pyridine rings is 1. The summed E-state index contributed by atoms with van der Waals surface area (Å²) in [5.41, 5.74) is 2.10. The van der Waals surface area contributed by atoms with Gasteiger partial charge in [-0.05, 0) is 31.5 Å². The van der Waals surface area contributed by atoms with Crippen molar-refractivity contribution < 1.29 is 9.53 Å². The van der Waals surface area contributed by atoms with Crippen molar-refractivity contribution >= 4 is 27.7 Å². The van der Waals surface area contributed by atoms with E-state index < -0.39 is 0 Å². The number of aromatic nitrogens is 2. The molecule has 134 valence electrons. The molecule has 0 bridgehead atoms. The molecule has 4 heterocycles. The number of hydrogen-bond donors (Lipinski definition) is 2. The molecule has 2 saturated heterocycles. The number of para-hydroxylation sites is 1. The summed E-state index contributed by atoms with van der Waals surface area (Å²) >= 11 is 0. The monoisotopic (exact) mass is 350 g/mol. The smallest absolute Gasteiger partial charge is 0.274 e. The third-order valence-electron chi connectivity index (χ3n) is 5.60. The number of benzene rings is 1. The van der Waals surface area contributed by atoms with Crippen LogP contribution >= 0.6 is 0 Å². The quantitative estimate of drug-likeness (QED) is 0.707. The predicted octanol–water partition coefficient (Wildman–Crippen LogP) is 2.31. The normalized spacial score (nSPS) is 23.8. The number of piperidine rings is 1. The van der Waals surface area contributed by atoms with Crippen LogP contribution in [-0.2, 0) is 4.74 Å². The summed E-state index contributed by atoms with van der Waals surface area (Å²) in [7, 11) is 0. The number of carbonyl (C=O) groups is 1. The second-order valence-electron chi connectivity index (χ2n) is 7.29. The highest BCUT2D eigenvalue weighted by atomic mass is 16.5. The zero-order valence-electron chi connectivity index (χ0n) is 14.6. The lowest BCUT2D eigenvalue weighted by molar-refractivity contribution is -0.109. The Hall–Kier alpha value is -2.44. The van der Waals surface area contributed by atoms with Gasteiger partial charge < -0.3 is 19.9 Å². The average molecular weight is 350 g/mol. The van der Waals surface area contributed by atoms with Crippen molar-refractivity contribution in [3.05, 3.63) is 42.2 Å². The van der Waals surface area contributed by atoms with Crippen LogP contribution in [0.5, 0.6) is 0 Å². The highest BCUT2D eigenvalue weighted by Gasteiger charge is 2.40. The van der Waals surface area contributed by atoms with E-state index in [0.717, 1.165) is 47.7 Å². The van der Waals surface area contributed by atoms with Crippen molar-refractivity contribution in [2.24, 2.45) is 0 Å². The first-order valence-corrected chi connectivity index (χ1v) is 9.25. The first-order valence-electron chi connectivity index (χ1n) is 9.25. The molecular weight excluding hydrogens is 328 g/mol. The lowest BCUT2D eigenvalue weighted by Crippen LogP contribution is -2.60. The number of morpholine rings is 1. The zero-order valence-corrected chi connectivity index (χ0v) is 14.6. The average Bonchev–Trinajstić information content (AvgIpc) is 3.07. The summed E-state index contributed by atoms with van der Waals surface area (Å²) in [6.07, 6.45) is 3.81. The van der Waals surface area contributed by atoms with E-state index in [1.54, 1.807) is 6.20 Å². The van der Waals surface area contributed by atoms with Crippen molar-refractivity contribution in [2.45, 2.75) is 18.4 Å². The lowest BCUT2D eigenvalue weighted by atomic mass is 9.92. The van der Waals surface area contributed by atoms with E-state index in [4.69, 9.17) is 4.74 Å². The molecule has 3 aromatic rings. The van der Waals surface area contributed by atoms with Gasteiger partial charge in [0.25, 0.3) is 5.91 Å². The number of fused-ring (bicyclic) bond motifs is 3. The van der Waals surface area contributed by atoms with Gasteiger partial charge in [0.2, 0.25) is 0 Å². The number of rotatable bonds is 1. The van der Waals surface area contributed by atoms with Crippen LogP contribution in [-0.4, -0.2) is 59.2 Å². The van der Waals surface area contributed by atoms with Gasteiger partial charge in [0.15, 0.2) is 5.69 Å². The van der Waals surface area contributed by atoms with Gasteiger partial charge in [-0.15, -0.1) is 0 Å². The fraction of sp³-hybridized carbons (Fsp3) is 0.400. The first kappa shape index (κ1) is 15.8. The van der Waals surface area contributed by atoms with Crippen molar-refractivity contribution in [2.75, 3.05) is 32.8 Å². The molecule has 0 saturated carbocycles. The summed E-state index contributed by atoms with van der Waals surface area (Å²) in [6.45, 7) is 3.64. The van der Waals surface area contributed by atoms with E-state index in [2.05, 4.69) is 21.4 Å². The molecular formula is C20H22N4O2. The maximum Gasteiger partial charge on any atom is 0.274 e. The van der Waals surface area contributed by atoms with Gasteiger partial charge in [-0.2, -0.15) is 0 Å². The van der Waals surface area contributed by atoms with Crippen LogP contribution in [0.4, 0.5) is 0 Å². The van der Waals surface area contributed by atoms with Gasteiger partial charge in [0, 0.05) is 35.6 Å². The summed E-state index contributed by atoms with van der Waals surface area (Å²) < 4.78 is 6.07. The van der Waals surface area contributed by atoms with E-state index in [1.165, 1.54) is 0 Å². The number of hydrogen-bond acceptors (Lipinski definition) is 4. The SMILES string of the molecule is O=C(c1nccc2c1[nH]c1ccccc12)N1CCOC2(CCCNC2)C1. The molecule has 2 N–H and O–H groups in total. The molecule has 5 rings (SSSR count). The minimum absolute atomic E-state index is 0.0181. The summed E-state index contributed by atoms with van der Waals surface area (Å²) in [5, 5.41) is 5.57. The third-order valence-corrected chi connectivity index (χ3v) is 5.60. The fourth-order valence-electron chi connectivity index (χ4n) is 4.30. The Bertz CT molecular complexity index is 969. The number of H-pyrrole nitrogens is 1. The van der Waals surface area contributed by atoms with Crippen LogP contribution < -0.4 is 5.32 Å². The molecule has 6 nitrogen and oxygen atoms in total. The molecule has 1 spiro atoms. The Labute approximate surface area is 151 Å². The molecule has 0 radical (unpaired) electrons. The molecule has 0 aliphatic carbocycles. The maximum atomic E-state index is 13.3. The van der Waals surface area contributed by atoms with E-state index >= 15 is 0 Å². The van der Waals surface area contributed by atoms with Crippen molar-refractivity contribution in [3.63, 3.8) is 0 Å². The summed E-state index contributed by atoms with van der Waals surface area (Å²) in [5.74, 6) is -0.0181. The molecule has 2 fully saturated rings. The van der Waals surface area contributed by atoms with Crippen LogP contribution in [0.15, 0.2) is 36.5 Å². The Morgan fingerprint density at radius 1 is 1.23 bits per heavy atom. The fourth-order valence-corrected chi connectivity index (χ4v) is 4.30. The van der Waals surface area contributed by atoms with Gasteiger partial charge in [-0.25, -0.2) is 4.98 Å². The van der Waals surface area contributed by atoms with E-state index in [0.29, 0.717) is 25.4 Å². The highest BCUT2D eigenvalue weighted by Crippen LogP contribution is 2.29. The van der Waals surface area contributed by atoms with Gasteiger partial charge >= 0.3 is 0 Å². The molecule has 6 heteroatoms. The Morgan fingerprint density at radius 2 is 2.15 bits per heavy atom. The largest absolute Gasteiger partial charge is 0.370 e. The second kappa shape index (κ2) is 6.07. The maximum absolute atomic E-state index is 13.3. The zero-order chi connectivity index (χ0) is 17.6. The van der Waals surface area contributed by atoms with Crippen LogP contribution in [0.1, 0.15) is 23.3 Å². The van der Waals surface area contributed by atoms with E-state index in [-0.39, 0.29) is 11.5 Å². The van der Waals surface area contributed by atoms with Crippen LogP contribution in [0.2, 0.25) is 0 Å². The highest BCUT2D eigenvalue weighted by molar-refractivity contribution is 6.13. The lowest BCUT2D eigenvalue weighted by Gasteiger charge is -2.45. The molecule has 26 heavy (non-hydrogen) atoms. The Balaban J connectivity index is 1.52. The van der Waals surface area contributed by atoms with Crippen molar-refractivity contribution in [3.8, 4) is 0 Å². The van der Waals surface area contributed by atoms with E-state index in [1.807, 2.05) is 29.2 Å². The summed E-state index contributed by atoms with van der Waals surface area (Å²) in [6, 6.07) is 10.1. The topological polar surface area (TPSA) is 70.2 Å². The molecule has 1 aromatic carbocycles. The molecule has 2 aromatic heterocycles. The van der Waals surface area contributed by atoms with Gasteiger partial charge in [0.1, 0.15) is 0 Å². The van der Waals surface area contributed by atoms with Gasteiger partial charge in [-0.1, -0.05) is 18.2 Å². The van der Waals surface area contributed by atoms with Crippen LogP contribution in [0.25, 0.3) is 21.8 Å². The minimum Gasteiger partial charge on any atom is -0.370 e. The second-order valence-corrected chi connectivity index (χ2v) is 7.29. The van der Waals surface area contributed by atoms with Gasteiger partial charge in [0.05, 0.1) is 24.3 Å². The minimum atomic E-state index is -0.249. The molecule has 1 unspecified atom stereocenters. The van der Waals surface area contributed by atoms with Crippen LogP contribution in [0.3, 0.4) is 0 Å². The number of carbonyl (C=O) groups excluding carboxylic acids is 1. The number of amides is 1. The number of ether oxygens (including phenoxy) is 1. The molecule has 2 aliphatic heterocycles. The number of nitrogens with one attached hydrogen (secondary N) is 2. The first-order chi connectivity index (χ1) is 12.8. The summed E-state index contributed by atoms with van der Waals surface area (Å²) in [4.78, 5) is 23.0.